The molecule has 2 aromatic rings. The Balaban J connectivity index is 1.80. The summed E-state index contributed by atoms with van der Waals surface area (Å²) >= 11 is 1.77. The first-order valence-corrected chi connectivity index (χ1v) is 9.32. The van der Waals surface area contributed by atoms with E-state index in [1.165, 1.54) is 6.07 Å². The fraction of sp³-hybridized carbons (Fsp3) is 0.333. The van der Waals surface area contributed by atoms with Crippen LogP contribution in [0.5, 0.6) is 0 Å². The molecule has 25 heavy (non-hydrogen) atoms. The largest absolute Gasteiger partial charge is 0.338 e. The highest BCUT2D eigenvalue weighted by Crippen LogP contribution is 2.48. The summed E-state index contributed by atoms with van der Waals surface area (Å²) in [5.74, 6) is 1.01. The molecule has 0 bridgehead atoms. The van der Waals surface area contributed by atoms with Gasteiger partial charge in [-0.3, -0.25) is 20.1 Å². The van der Waals surface area contributed by atoms with Crippen molar-refractivity contribution in [2.45, 2.75) is 31.5 Å². The lowest BCUT2D eigenvalue weighted by Crippen LogP contribution is -2.35. The van der Waals surface area contributed by atoms with Crippen molar-refractivity contribution in [2.24, 2.45) is 4.99 Å². The maximum Gasteiger partial charge on any atom is 0.269 e. The third kappa shape index (κ3) is 2.78. The molecular weight excluding hydrogens is 336 g/mol. The van der Waals surface area contributed by atoms with Crippen LogP contribution in [0.4, 0.5) is 5.69 Å². The van der Waals surface area contributed by atoms with Crippen LogP contribution in [0.15, 0.2) is 53.7 Å². The van der Waals surface area contributed by atoms with Crippen LogP contribution in [-0.4, -0.2) is 31.8 Å². The number of pyridine rings is 1. The summed E-state index contributed by atoms with van der Waals surface area (Å²) in [7, 11) is 0. The molecule has 1 fully saturated rings. The zero-order valence-corrected chi connectivity index (χ0v) is 14.6. The molecule has 0 aliphatic carbocycles. The lowest BCUT2D eigenvalue weighted by atomic mass is 9.95. The molecule has 0 radical (unpaired) electrons. The van der Waals surface area contributed by atoms with E-state index < -0.39 is 0 Å². The molecule has 2 aliphatic heterocycles. The van der Waals surface area contributed by atoms with E-state index in [1.54, 1.807) is 30.1 Å². The Bertz CT molecular complexity index is 827. The highest BCUT2D eigenvalue weighted by Gasteiger charge is 2.45. The van der Waals surface area contributed by atoms with Crippen molar-refractivity contribution in [2.75, 3.05) is 5.75 Å². The van der Waals surface area contributed by atoms with E-state index in [-0.39, 0.29) is 22.7 Å². The SMILES string of the molecule is CC[C@@H]1CSC2=N[C@@H](c3ccccn3)[C@H](c3cccc([N+](=O)[O-])c3)N21. The van der Waals surface area contributed by atoms with Crippen LogP contribution in [0.3, 0.4) is 0 Å². The zero-order chi connectivity index (χ0) is 17.4. The van der Waals surface area contributed by atoms with Gasteiger partial charge in [0.2, 0.25) is 0 Å². The van der Waals surface area contributed by atoms with Crippen molar-refractivity contribution < 1.29 is 4.92 Å². The second-order valence-corrected chi connectivity index (χ2v) is 7.18. The number of rotatable bonds is 4. The van der Waals surface area contributed by atoms with E-state index in [1.807, 2.05) is 24.3 Å². The van der Waals surface area contributed by atoms with Crippen LogP contribution >= 0.6 is 11.8 Å². The van der Waals surface area contributed by atoms with Gasteiger partial charge in [0, 0.05) is 30.1 Å². The second-order valence-electron chi connectivity index (χ2n) is 6.19. The topological polar surface area (TPSA) is 71.6 Å². The molecule has 6 nitrogen and oxygen atoms in total. The van der Waals surface area contributed by atoms with Crippen molar-refractivity contribution in [1.29, 1.82) is 0 Å². The van der Waals surface area contributed by atoms with Crippen LogP contribution < -0.4 is 0 Å². The molecule has 4 rings (SSSR count). The standard InChI is InChI=1S/C18H18N4O2S/c1-2-13-11-25-18-20-16(15-8-3-4-9-19-15)17(21(13)18)12-6-5-7-14(10-12)22(23)24/h3-10,13,16-17H,2,11H2,1H3/t13-,16+,17+/m1/s1. The van der Waals surface area contributed by atoms with Crippen molar-refractivity contribution in [3.05, 3.63) is 70.0 Å². The third-order valence-electron chi connectivity index (χ3n) is 4.75. The number of amidine groups is 1. The average molecular weight is 354 g/mol. The maximum atomic E-state index is 11.2. The molecule has 3 atom stereocenters. The molecule has 0 spiro atoms. The summed E-state index contributed by atoms with van der Waals surface area (Å²) in [6, 6.07) is 13.0. The number of thioether (sulfide) groups is 1. The lowest BCUT2D eigenvalue weighted by Gasteiger charge is -2.31. The minimum Gasteiger partial charge on any atom is -0.338 e. The van der Waals surface area contributed by atoms with Gasteiger partial charge in [0.25, 0.3) is 5.69 Å². The summed E-state index contributed by atoms with van der Waals surface area (Å²) in [5, 5.41) is 12.2. The zero-order valence-electron chi connectivity index (χ0n) is 13.8. The van der Waals surface area contributed by atoms with Crippen molar-refractivity contribution in [3.63, 3.8) is 0 Å². The molecule has 7 heteroatoms. The molecule has 1 aromatic heterocycles. The summed E-state index contributed by atoms with van der Waals surface area (Å²) in [6.45, 7) is 2.17. The Morgan fingerprint density at radius 2 is 2.20 bits per heavy atom. The highest BCUT2D eigenvalue weighted by atomic mass is 32.2. The molecule has 128 valence electrons. The van der Waals surface area contributed by atoms with E-state index in [4.69, 9.17) is 4.99 Å². The number of benzene rings is 1. The van der Waals surface area contributed by atoms with E-state index in [9.17, 15) is 10.1 Å². The van der Waals surface area contributed by atoms with Gasteiger partial charge in [0.1, 0.15) is 6.04 Å². The normalized spacial score (nSPS) is 24.9. The number of nitro groups is 1. The molecule has 1 aromatic carbocycles. The monoisotopic (exact) mass is 354 g/mol. The Labute approximate surface area is 150 Å². The quantitative estimate of drug-likeness (QED) is 0.614. The average Bonchev–Trinajstić information content (AvgIpc) is 3.21. The third-order valence-corrected chi connectivity index (χ3v) is 5.88. The van der Waals surface area contributed by atoms with Gasteiger partial charge in [0.15, 0.2) is 5.17 Å². The number of hydrogen-bond donors (Lipinski definition) is 0. The van der Waals surface area contributed by atoms with E-state index in [0.29, 0.717) is 6.04 Å². The Morgan fingerprint density at radius 1 is 1.32 bits per heavy atom. The van der Waals surface area contributed by atoms with E-state index >= 15 is 0 Å². The first-order valence-electron chi connectivity index (χ1n) is 8.33. The molecule has 1 saturated heterocycles. The van der Waals surface area contributed by atoms with Gasteiger partial charge in [-0.25, -0.2) is 0 Å². The number of nitrogens with zero attached hydrogens (tertiary/aromatic N) is 4. The van der Waals surface area contributed by atoms with Gasteiger partial charge in [-0.2, -0.15) is 0 Å². The minimum atomic E-state index is -0.341. The number of non-ortho nitro benzene ring substituents is 1. The summed E-state index contributed by atoms with van der Waals surface area (Å²) in [6.07, 6.45) is 2.79. The van der Waals surface area contributed by atoms with Gasteiger partial charge < -0.3 is 4.90 Å². The predicted molar refractivity (Wildman–Crippen MR) is 98.6 cm³/mol. The van der Waals surface area contributed by atoms with Gasteiger partial charge in [-0.1, -0.05) is 36.9 Å². The van der Waals surface area contributed by atoms with E-state index in [2.05, 4.69) is 16.8 Å². The second kappa shape index (κ2) is 6.48. The number of aliphatic imine (C=N–C) groups is 1. The first kappa shape index (κ1) is 16.1. The fourth-order valence-corrected chi connectivity index (χ4v) is 4.87. The molecular formula is C18H18N4O2S. The van der Waals surface area contributed by atoms with Crippen LogP contribution in [0, 0.1) is 10.1 Å². The molecule has 0 unspecified atom stereocenters. The van der Waals surface area contributed by atoms with Crippen LogP contribution in [0.1, 0.15) is 36.7 Å². The van der Waals surface area contributed by atoms with Crippen molar-refractivity contribution in [1.82, 2.24) is 9.88 Å². The molecule has 3 heterocycles. The number of aromatic nitrogens is 1. The number of hydrogen-bond acceptors (Lipinski definition) is 6. The first-order chi connectivity index (χ1) is 12.2. The Morgan fingerprint density at radius 3 is 2.92 bits per heavy atom. The van der Waals surface area contributed by atoms with Gasteiger partial charge in [-0.15, -0.1) is 0 Å². The van der Waals surface area contributed by atoms with Gasteiger partial charge >= 0.3 is 0 Å². The number of fused-ring (bicyclic) bond motifs is 1. The van der Waals surface area contributed by atoms with Crippen LogP contribution in [-0.2, 0) is 0 Å². The van der Waals surface area contributed by atoms with Crippen LogP contribution in [0.25, 0.3) is 0 Å². The van der Waals surface area contributed by atoms with Crippen molar-refractivity contribution >= 4 is 22.6 Å². The molecule has 0 N–H and O–H groups in total. The summed E-state index contributed by atoms with van der Waals surface area (Å²) in [4.78, 5) is 22.6. The van der Waals surface area contributed by atoms with Crippen LogP contribution in [0.2, 0.25) is 0 Å². The fourth-order valence-electron chi connectivity index (χ4n) is 3.53. The minimum absolute atomic E-state index is 0.0512. The summed E-state index contributed by atoms with van der Waals surface area (Å²) in [5.41, 5.74) is 1.94. The lowest BCUT2D eigenvalue weighted by molar-refractivity contribution is -0.385. The van der Waals surface area contributed by atoms with E-state index in [0.717, 1.165) is 28.6 Å². The molecule has 0 saturated carbocycles. The number of nitro benzene ring substituents is 1. The Hall–Kier alpha value is -2.41. The van der Waals surface area contributed by atoms with Crippen molar-refractivity contribution in [3.8, 4) is 0 Å². The molecule has 0 amide bonds. The maximum absolute atomic E-state index is 11.2. The smallest absolute Gasteiger partial charge is 0.269 e. The highest BCUT2D eigenvalue weighted by molar-refractivity contribution is 8.14. The Kier molecular flexibility index (Phi) is 4.17. The molecule has 2 aliphatic rings. The predicted octanol–water partition coefficient (Wildman–Crippen LogP) is 3.97. The summed E-state index contributed by atoms with van der Waals surface area (Å²) < 4.78 is 0. The van der Waals surface area contributed by atoms with Gasteiger partial charge in [-0.05, 0) is 24.1 Å². The van der Waals surface area contributed by atoms with Gasteiger partial charge in [0.05, 0.1) is 16.7 Å².